The lowest BCUT2D eigenvalue weighted by atomic mass is 9.44. The van der Waals surface area contributed by atoms with Crippen molar-refractivity contribution in [2.24, 2.45) is 46.3 Å². The van der Waals surface area contributed by atoms with Crippen molar-refractivity contribution in [3.05, 3.63) is 24.3 Å². The second kappa shape index (κ2) is 7.40. The first kappa shape index (κ1) is 20.9. The third kappa shape index (κ3) is 2.97. The summed E-state index contributed by atoms with van der Waals surface area (Å²) in [7, 11) is 0. The Bertz CT molecular complexity index is 1030. The second-order valence-electron chi connectivity index (χ2n) is 12.4. The molecule has 0 amide bonds. The van der Waals surface area contributed by atoms with E-state index >= 15 is 0 Å². The maximum Gasteiger partial charge on any atom is 0.157 e. The molecule has 1 aromatic carbocycles. The number of para-hydroxylation sites is 1. The molecule has 4 aliphatic rings. The van der Waals surface area contributed by atoms with E-state index in [1.54, 1.807) is 0 Å². The first-order valence-electron chi connectivity index (χ1n) is 13.2. The Hall–Kier alpha value is -1.71. The van der Waals surface area contributed by atoms with Gasteiger partial charge in [-0.2, -0.15) is 0 Å². The van der Waals surface area contributed by atoms with Crippen LogP contribution < -0.4 is 0 Å². The fourth-order valence-corrected chi connectivity index (χ4v) is 9.29. The van der Waals surface area contributed by atoms with Gasteiger partial charge in [0, 0.05) is 5.92 Å². The lowest BCUT2D eigenvalue weighted by molar-refractivity contribution is -0.137. The van der Waals surface area contributed by atoms with Crippen LogP contribution in [0.25, 0.3) is 11.0 Å². The van der Waals surface area contributed by atoms with Crippen molar-refractivity contribution < 1.29 is 4.79 Å². The molecular formula is C28H39N3O. The fourth-order valence-electron chi connectivity index (χ4n) is 9.29. The van der Waals surface area contributed by atoms with Crippen LogP contribution in [0.5, 0.6) is 0 Å². The van der Waals surface area contributed by atoms with E-state index in [0.29, 0.717) is 17.7 Å². The van der Waals surface area contributed by atoms with Gasteiger partial charge in [-0.3, -0.25) is 4.79 Å². The van der Waals surface area contributed by atoms with Crippen molar-refractivity contribution in [1.29, 1.82) is 0 Å². The Morgan fingerprint density at radius 1 is 1.00 bits per heavy atom. The van der Waals surface area contributed by atoms with E-state index < -0.39 is 0 Å². The minimum atomic E-state index is 0.180. The molecule has 4 heteroatoms. The monoisotopic (exact) mass is 433 g/mol. The second-order valence-corrected chi connectivity index (χ2v) is 12.4. The molecule has 6 unspecified atom stereocenters. The molecule has 0 spiro atoms. The molecule has 8 atom stereocenters. The van der Waals surface area contributed by atoms with Crippen molar-refractivity contribution in [2.75, 3.05) is 0 Å². The van der Waals surface area contributed by atoms with E-state index in [4.69, 9.17) is 0 Å². The van der Waals surface area contributed by atoms with Crippen molar-refractivity contribution in [3.63, 3.8) is 0 Å². The molecular weight excluding hydrogens is 394 g/mol. The average Bonchev–Trinajstić information content (AvgIpc) is 3.35. The SMILES string of the molecule is CC1CCC2(C)C(CCC3C2CC[C@@]2(C)C3CC[C@@H]2C(=O)Cn2nnc3ccccc32)C1. The van der Waals surface area contributed by atoms with Crippen LogP contribution in [0.3, 0.4) is 0 Å². The molecule has 0 N–H and O–H groups in total. The molecule has 2 aromatic rings. The zero-order valence-electron chi connectivity index (χ0n) is 20.1. The van der Waals surface area contributed by atoms with Crippen LogP contribution in [0.1, 0.15) is 78.6 Å². The highest BCUT2D eigenvalue weighted by molar-refractivity contribution is 5.84. The van der Waals surface area contributed by atoms with Gasteiger partial charge in [0.25, 0.3) is 0 Å². The van der Waals surface area contributed by atoms with Crippen molar-refractivity contribution >= 4 is 16.8 Å². The predicted molar refractivity (Wildman–Crippen MR) is 127 cm³/mol. The van der Waals surface area contributed by atoms with Crippen LogP contribution >= 0.6 is 0 Å². The van der Waals surface area contributed by atoms with Gasteiger partial charge in [0.15, 0.2) is 5.78 Å². The van der Waals surface area contributed by atoms with E-state index in [1.165, 1.54) is 51.4 Å². The van der Waals surface area contributed by atoms with Crippen LogP contribution in [-0.2, 0) is 11.3 Å². The predicted octanol–water partition coefficient (Wildman–Crippen LogP) is 6.30. The lowest BCUT2D eigenvalue weighted by Crippen LogP contribution is -2.53. The van der Waals surface area contributed by atoms with Gasteiger partial charge in [-0.05, 0) is 104 Å². The minimum absolute atomic E-state index is 0.180. The maximum absolute atomic E-state index is 13.6. The molecule has 0 saturated heterocycles. The van der Waals surface area contributed by atoms with Crippen LogP contribution in [0.4, 0.5) is 0 Å². The Morgan fingerprint density at radius 3 is 2.66 bits per heavy atom. The number of fused-ring (bicyclic) bond motifs is 6. The van der Waals surface area contributed by atoms with Crippen LogP contribution in [-0.4, -0.2) is 20.8 Å². The van der Waals surface area contributed by atoms with Crippen molar-refractivity contribution in [2.45, 2.75) is 85.1 Å². The maximum atomic E-state index is 13.6. The van der Waals surface area contributed by atoms with E-state index in [9.17, 15) is 4.79 Å². The Morgan fingerprint density at radius 2 is 1.78 bits per heavy atom. The minimum Gasteiger partial charge on any atom is -0.297 e. The molecule has 6 rings (SSSR count). The Labute approximate surface area is 192 Å². The summed E-state index contributed by atoms with van der Waals surface area (Å²) < 4.78 is 1.83. The number of benzene rings is 1. The summed E-state index contributed by atoms with van der Waals surface area (Å²) in [5, 5.41) is 8.57. The van der Waals surface area contributed by atoms with E-state index in [1.807, 2.05) is 28.9 Å². The van der Waals surface area contributed by atoms with Gasteiger partial charge in [-0.1, -0.05) is 44.5 Å². The van der Waals surface area contributed by atoms with Crippen molar-refractivity contribution in [3.8, 4) is 0 Å². The number of Topliss-reactive ketones (excluding diaryl/α,β-unsaturated/α-hetero) is 1. The van der Waals surface area contributed by atoms with E-state index in [0.717, 1.165) is 47.0 Å². The topological polar surface area (TPSA) is 47.8 Å². The summed E-state index contributed by atoms with van der Waals surface area (Å²) in [5.41, 5.74) is 2.59. The number of nitrogens with zero attached hydrogens (tertiary/aromatic N) is 3. The summed E-state index contributed by atoms with van der Waals surface area (Å²) in [5.74, 6) is 4.90. The lowest BCUT2D eigenvalue weighted by Gasteiger charge is -2.61. The molecule has 0 radical (unpaired) electrons. The van der Waals surface area contributed by atoms with E-state index in [-0.39, 0.29) is 11.3 Å². The van der Waals surface area contributed by atoms with Gasteiger partial charge in [0.1, 0.15) is 12.1 Å². The van der Waals surface area contributed by atoms with Crippen LogP contribution in [0.15, 0.2) is 24.3 Å². The molecule has 0 aliphatic heterocycles. The number of hydrogen-bond donors (Lipinski definition) is 0. The molecule has 1 heterocycles. The first-order valence-corrected chi connectivity index (χ1v) is 13.2. The highest BCUT2D eigenvalue weighted by Gasteiger charge is 2.60. The molecule has 4 aliphatic carbocycles. The molecule has 32 heavy (non-hydrogen) atoms. The van der Waals surface area contributed by atoms with Crippen LogP contribution in [0.2, 0.25) is 0 Å². The molecule has 4 nitrogen and oxygen atoms in total. The summed E-state index contributed by atoms with van der Waals surface area (Å²) in [6, 6.07) is 7.98. The van der Waals surface area contributed by atoms with Crippen LogP contribution in [0, 0.1) is 46.3 Å². The van der Waals surface area contributed by atoms with Gasteiger partial charge in [0.2, 0.25) is 0 Å². The molecule has 172 valence electrons. The summed E-state index contributed by atoms with van der Waals surface area (Å²) >= 11 is 0. The Balaban J connectivity index is 1.22. The zero-order valence-corrected chi connectivity index (χ0v) is 20.1. The number of carbonyl (C=O) groups is 1. The third-order valence-electron chi connectivity index (χ3n) is 11.0. The highest BCUT2D eigenvalue weighted by Crippen LogP contribution is 2.67. The summed E-state index contributed by atoms with van der Waals surface area (Å²) in [6.45, 7) is 7.96. The van der Waals surface area contributed by atoms with Crippen molar-refractivity contribution in [1.82, 2.24) is 15.0 Å². The number of hydrogen-bond acceptors (Lipinski definition) is 3. The summed E-state index contributed by atoms with van der Waals surface area (Å²) in [4.78, 5) is 13.6. The number of aromatic nitrogens is 3. The number of ketones is 1. The smallest absolute Gasteiger partial charge is 0.157 e. The Kier molecular flexibility index (Phi) is 4.82. The molecule has 0 bridgehead atoms. The standard InChI is InChI=1S/C28H39N3O/c1-18-12-14-27(2)19(16-18)8-9-20-21-10-11-23(28(21,3)15-13-22(20)27)26(32)17-31-25-7-5-4-6-24(25)29-30-31/h4-7,18-23H,8-17H2,1-3H3/t18?,19?,20?,21?,22?,23-,27?,28+/m1/s1. The van der Waals surface area contributed by atoms with Gasteiger partial charge >= 0.3 is 0 Å². The fraction of sp³-hybridized carbons (Fsp3) is 0.750. The number of carbonyl (C=O) groups excluding carboxylic acids is 1. The highest BCUT2D eigenvalue weighted by atomic mass is 16.1. The van der Waals surface area contributed by atoms with E-state index in [2.05, 4.69) is 31.1 Å². The molecule has 4 saturated carbocycles. The molecule has 1 aromatic heterocycles. The van der Waals surface area contributed by atoms with Gasteiger partial charge < -0.3 is 0 Å². The van der Waals surface area contributed by atoms with Gasteiger partial charge in [-0.25, -0.2) is 4.68 Å². The molecule has 4 fully saturated rings. The number of rotatable bonds is 3. The first-order chi connectivity index (χ1) is 15.4. The van der Waals surface area contributed by atoms with Gasteiger partial charge in [0.05, 0.1) is 5.52 Å². The average molecular weight is 434 g/mol. The zero-order chi connectivity index (χ0) is 22.1. The summed E-state index contributed by atoms with van der Waals surface area (Å²) in [6.07, 6.45) is 12.1. The van der Waals surface area contributed by atoms with Gasteiger partial charge in [-0.15, -0.1) is 5.10 Å². The normalized spacial score (nSPS) is 43.5. The quantitative estimate of drug-likeness (QED) is 0.571. The third-order valence-corrected chi connectivity index (χ3v) is 11.0. The largest absolute Gasteiger partial charge is 0.297 e.